The Morgan fingerprint density at radius 1 is 1.61 bits per heavy atom. The van der Waals surface area contributed by atoms with Crippen LogP contribution in [0.25, 0.3) is 0 Å². The van der Waals surface area contributed by atoms with E-state index < -0.39 is 0 Å². The molecule has 6 nitrogen and oxygen atoms in total. The Morgan fingerprint density at radius 3 is 3.22 bits per heavy atom. The second-order valence-electron chi connectivity index (χ2n) is 4.26. The molecule has 0 saturated carbocycles. The van der Waals surface area contributed by atoms with Crippen LogP contribution < -0.4 is 5.32 Å². The first-order valence-electron chi connectivity index (χ1n) is 6.24. The number of aromatic nitrogens is 2. The molecule has 1 saturated heterocycles. The summed E-state index contributed by atoms with van der Waals surface area (Å²) in [6, 6.07) is -0.0276. The van der Waals surface area contributed by atoms with Crippen LogP contribution >= 0.6 is 0 Å². The van der Waals surface area contributed by atoms with Crippen LogP contribution in [0.4, 0.5) is 0 Å². The standard InChI is InChI=1S/C12H19N3O3/c1-2-18-11-8-17-7-10(11)14-12(16)3-5-15-6-4-13-9-15/h4,6,9-11H,2-3,5,7-8H2,1H3,(H,14,16)/t10-,11-/m0/s1. The van der Waals surface area contributed by atoms with Gasteiger partial charge >= 0.3 is 0 Å². The van der Waals surface area contributed by atoms with Crippen molar-refractivity contribution in [2.24, 2.45) is 0 Å². The van der Waals surface area contributed by atoms with E-state index in [0.29, 0.717) is 32.8 Å². The molecule has 1 fully saturated rings. The summed E-state index contributed by atoms with van der Waals surface area (Å²) in [5, 5.41) is 2.95. The molecule has 100 valence electrons. The van der Waals surface area contributed by atoms with Crippen molar-refractivity contribution in [1.29, 1.82) is 0 Å². The lowest BCUT2D eigenvalue weighted by molar-refractivity contribution is -0.122. The van der Waals surface area contributed by atoms with Gasteiger partial charge in [-0.1, -0.05) is 0 Å². The van der Waals surface area contributed by atoms with Gasteiger partial charge in [-0.05, 0) is 6.92 Å². The predicted molar refractivity (Wildman–Crippen MR) is 65.0 cm³/mol. The fraction of sp³-hybridized carbons (Fsp3) is 0.667. The number of carbonyl (C=O) groups excluding carboxylic acids is 1. The monoisotopic (exact) mass is 253 g/mol. The normalized spacial score (nSPS) is 23.2. The van der Waals surface area contributed by atoms with Gasteiger partial charge in [-0.3, -0.25) is 4.79 Å². The topological polar surface area (TPSA) is 65.4 Å². The molecule has 0 spiro atoms. The molecule has 1 aromatic heterocycles. The van der Waals surface area contributed by atoms with Crippen molar-refractivity contribution in [1.82, 2.24) is 14.9 Å². The molecular formula is C12H19N3O3. The van der Waals surface area contributed by atoms with Gasteiger partial charge in [0.05, 0.1) is 25.6 Å². The van der Waals surface area contributed by atoms with Crippen molar-refractivity contribution in [3.63, 3.8) is 0 Å². The minimum absolute atomic E-state index is 0.0175. The lowest BCUT2D eigenvalue weighted by Gasteiger charge is -2.18. The SMILES string of the molecule is CCO[C@H]1COC[C@@H]1NC(=O)CCn1ccnc1. The summed E-state index contributed by atoms with van der Waals surface area (Å²) < 4.78 is 12.7. The Hall–Kier alpha value is -1.40. The molecule has 1 amide bonds. The van der Waals surface area contributed by atoms with Crippen LogP contribution in [0.1, 0.15) is 13.3 Å². The van der Waals surface area contributed by atoms with Crippen LogP contribution in [0.5, 0.6) is 0 Å². The average molecular weight is 253 g/mol. The molecule has 18 heavy (non-hydrogen) atoms. The maximum atomic E-state index is 11.8. The summed E-state index contributed by atoms with van der Waals surface area (Å²) >= 11 is 0. The highest BCUT2D eigenvalue weighted by Crippen LogP contribution is 2.10. The highest BCUT2D eigenvalue weighted by atomic mass is 16.5. The number of hydrogen-bond acceptors (Lipinski definition) is 4. The third-order valence-electron chi connectivity index (χ3n) is 2.91. The number of aryl methyl sites for hydroxylation is 1. The summed E-state index contributed by atoms with van der Waals surface area (Å²) in [4.78, 5) is 15.7. The predicted octanol–water partition coefficient (Wildman–Crippen LogP) is 0.193. The number of nitrogens with zero attached hydrogens (tertiary/aromatic N) is 2. The van der Waals surface area contributed by atoms with Crippen molar-refractivity contribution >= 4 is 5.91 Å². The number of nitrogens with one attached hydrogen (secondary N) is 1. The molecule has 2 rings (SSSR count). The molecule has 1 N–H and O–H groups in total. The third kappa shape index (κ3) is 3.54. The first kappa shape index (κ1) is 13.0. The third-order valence-corrected chi connectivity index (χ3v) is 2.91. The number of rotatable bonds is 6. The summed E-state index contributed by atoms with van der Waals surface area (Å²) in [6.07, 6.45) is 5.66. The van der Waals surface area contributed by atoms with E-state index in [-0.39, 0.29) is 18.1 Å². The minimum atomic E-state index is -0.0276. The zero-order valence-electron chi connectivity index (χ0n) is 10.5. The number of hydrogen-bond donors (Lipinski definition) is 1. The van der Waals surface area contributed by atoms with Gasteiger partial charge in [0.25, 0.3) is 0 Å². The first-order chi connectivity index (χ1) is 8.79. The second kappa shape index (κ2) is 6.51. The molecule has 0 aromatic carbocycles. The van der Waals surface area contributed by atoms with Gasteiger partial charge < -0.3 is 19.4 Å². The van der Waals surface area contributed by atoms with E-state index in [1.807, 2.05) is 17.7 Å². The highest BCUT2D eigenvalue weighted by molar-refractivity contribution is 5.76. The van der Waals surface area contributed by atoms with Gasteiger partial charge in [-0.2, -0.15) is 0 Å². The Labute approximate surface area is 106 Å². The number of imidazole rings is 1. The summed E-state index contributed by atoms with van der Waals surface area (Å²) in [7, 11) is 0. The van der Waals surface area contributed by atoms with E-state index in [4.69, 9.17) is 9.47 Å². The fourth-order valence-corrected chi connectivity index (χ4v) is 1.98. The molecule has 1 aromatic rings. The fourth-order valence-electron chi connectivity index (χ4n) is 1.98. The maximum absolute atomic E-state index is 11.8. The van der Waals surface area contributed by atoms with Gasteiger partial charge in [0.15, 0.2) is 0 Å². The van der Waals surface area contributed by atoms with E-state index in [1.165, 1.54) is 0 Å². The van der Waals surface area contributed by atoms with Crippen LogP contribution in [0.15, 0.2) is 18.7 Å². The number of ether oxygens (including phenoxy) is 2. The molecule has 2 atom stereocenters. The van der Waals surface area contributed by atoms with E-state index in [0.717, 1.165) is 0 Å². The summed E-state index contributed by atoms with van der Waals surface area (Å²) in [6.45, 7) is 4.30. The van der Waals surface area contributed by atoms with E-state index >= 15 is 0 Å². The molecule has 2 heterocycles. The lowest BCUT2D eigenvalue weighted by atomic mass is 10.2. The zero-order valence-corrected chi connectivity index (χ0v) is 10.5. The van der Waals surface area contributed by atoms with Gasteiger partial charge in [0.1, 0.15) is 6.10 Å². The Balaban J connectivity index is 1.73. The Bertz CT molecular complexity index is 367. The van der Waals surface area contributed by atoms with Gasteiger partial charge in [0, 0.05) is 32.0 Å². The van der Waals surface area contributed by atoms with E-state index in [1.54, 1.807) is 12.5 Å². The average Bonchev–Trinajstić information content (AvgIpc) is 2.99. The van der Waals surface area contributed by atoms with Crippen LogP contribution in [-0.2, 0) is 20.8 Å². The molecule has 0 aliphatic carbocycles. The molecule has 6 heteroatoms. The minimum Gasteiger partial charge on any atom is -0.376 e. The Morgan fingerprint density at radius 2 is 2.50 bits per heavy atom. The van der Waals surface area contributed by atoms with Crippen LogP contribution in [-0.4, -0.2) is 47.4 Å². The smallest absolute Gasteiger partial charge is 0.222 e. The van der Waals surface area contributed by atoms with E-state index in [9.17, 15) is 4.79 Å². The van der Waals surface area contributed by atoms with Crippen LogP contribution in [0, 0.1) is 0 Å². The second-order valence-corrected chi connectivity index (χ2v) is 4.26. The van der Waals surface area contributed by atoms with Crippen molar-refractivity contribution in [2.45, 2.75) is 32.0 Å². The molecular weight excluding hydrogens is 234 g/mol. The van der Waals surface area contributed by atoms with Crippen molar-refractivity contribution in [2.75, 3.05) is 19.8 Å². The van der Waals surface area contributed by atoms with Crippen molar-refractivity contribution in [3.05, 3.63) is 18.7 Å². The van der Waals surface area contributed by atoms with Crippen molar-refractivity contribution in [3.8, 4) is 0 Å². The molecule has 0 bridgehead atoms. The van der Waals surface area contributed by atoms with Crippen molar-refractivity contribution < 1.29 is 14.3 Å². The van der Waals surface area contributed by atoms with Gasteiger partial charge in [0.2, 0.25) is 5.91 Å². The maximum Gasteiger partial charge on any atom is 0.222 e. The van der Waals surface area contributed by atoms with Gasteiger partial charge in [-0.15, -0.1) is 0 Å². The van der Waals surface area contributed by atoms with Crippen LogP contribution in [0.3, 0.4) is 0 Å². The van der Waals surface area contributed by atoms with Crippen LogP contribution in [0.2, 0.25) is 0 Å². The summed E-state index contributed by atoms with van der Waals surface area (Å²) in [5.74, 6) is 0.0175. The number of carbonyl (C=O) groups is 1. The summed E-state index contributed by atoms with van der Waals surface area (Å²) in [5.41, 5.74) is 0. The Kier molecular flexibility index (Phi) is 4.72. The lowest BCUT2D eigenvalue weighted by Crippen LogP contribution is -2.44. The van der Waals surface area contributed by atoms with E-state index in [2.05, 4.69) is 10.3 Å². The molecule has 0 unspecified atom stereocenters. The highest BCUT2D eigenvalue weighted by Gasteiger charge is 2.29. The molecule has 1 aliphatic heterocycles. The quantitative estimate of drug-likeness (QED) is 0.786. The number of amides is 1. The molecule has 0 radical (unpaired) electrons. The van der Waals surface area contributed by atoms with Gasteiger partial charge in [-0.25, -0.2) is 4.98 Å². The first-order valence-corrected chi connectivity index (χ1v) is 6.24. The molecule has 1 aliphatic rings. The zero-order chi connectivity index (χ0) is 12.8. The largest absolute Gasteiger partial charge is 0.376 e.